The van der Waals surface area contributed by atoms with Crippen molar-refractivity contribution in [3.8, 4) is 6.07 Å². The van der Waals surface area contributed by atoms with Crippen LogP contribution < -0.4 is 10.6 Å². The third kappa shape index (κ3) is 18.4. The number of nitrogens with zero attached hydrogens (tertiary/aromatic N) is 1. The third-order valence-electron chi connectivity index (χ3n) is 1.20. The third-order valence-corrected chi connectivity index (χ3v) is 1.20. The van der Waals surface area contributed by atoms with E-state index in [-0.39, 0.29) is 0 Å². The fourth-order valence-electron chi connectivity index (χ4n) is 0.633. The number of rotatable bonds is 4. The fourth-order valence-corrected chi connectivity index (χ4v) is 0.633. The van der Waals surface area contributed by atoms with Crippen LogP contribution in [0, 0.1) is 17.2 Å². The summed E-state index contributed by atoms with van der Waals surface area (Å²) in [4.78, 5) is 0. The van der Waals surface area contributed by atoms with Crippen LogP contribution in [0.1, 0.15) is 27.2 Å². The van der Waals surface area contributed by atoms with E-state index in [2.05, 4.69) is 37.5 Å². The van der Waals surface area contributed by atoms with Gasteiger partial charge in [0.2, 0.25) is 0 Å². The lowest BCUT2D eigenvalue weighted by atomic mass is 10.2. The van der Waals surface area contributed by atoms with E-state index in [1.807, 2.05) is 14.1 Å². The second kappa shape index (κ2) is 11.4. The molecule has 3 heteroatoms. The summed E-state index contributed by atoms with van der Waals surface area (Å²) < 4.78 is 0. The zero-order chi connectivity index (χ0) is 10.7. The Hall–Kier alpha value is -0.590. The van der Waals surface area contributed by atoms with E-state index in [0.29, 0.717) is 12.5 Å². The molecule has 0 saturated carbocycles. The number of likely N-dealkylation sites (N-methyl/N-ethyl adjacent to an activating group) is 2. The summed E-state index contributed by atoms with van der Waals surface area (Å²) in [5, 5.41) is 14.3. The molecule has 3 nitrogen and oxygen atoms in total. The van der Waals surface area contributed by atoms with Crippen molar-refractivity contribution < 1.29 is 0 Å². The number of hydrogen-bond donors (Lipinski definition) is 2. The van der Waals surface area contributed by atoms with Gasteiger partial charge in [0, 0.05) is 12.6 Å². The fraction of sp³-hybridized carbons (Fsp3) is 0.900. The van der Waals surface area contributed by atoms with Gasteiger partial charge < -0.3 is 10.6 Å². The lowest BCUT2D eigenvalue weighted by molar-refractivity contribution is 0.542. The minimum atomic E-state index is 0.292. The maximum atomic E-state index is 8.28. The minimum Gasteiger partial charge on any atom is -0.318 e. The predicted octanol–water partition coefficient (Wildman–Crippen LogP) is 1.37. The van der Waals surface area contributed by atoms with Gasteiger partial charge in [-0.1, -0.05) is 20.8 Å². The average Bonchev–Trinajstić information content (AvgIpc) is 2.03. The van der Waals surface area contributed by atoms with E-state index >= 15 is 0 Å². The molecule has 13 heavy (non-hydrogen) atoms. The SMILES string of the molecule is CC(C)C.CNCC(CC#N)NC. The van der Waals surface area contributed by atoms with Gasteiger partial charge in [0.05, 0.1) is 12.5 Å². The first-order valence-corrected chi connectivity index (χ1v) is 4.77. The highest BCUT2D eigenvalue weighted by molar-refractivity contribution is 4.80. The molecule has 0 radical (unpaired) electrons. The molecule has 2 N–H and O–H groups in total. The van der Waals surface area contributed by atoms with Crippen molar-refractivity contribution in [2.75, 3.05) is 20.6 Å². The molecule has 0 saturated heterocycles. The van der Waals surface area contributed by atoms with Crippen LogP contribution in [0.2, 0.25) is 0 Å². The number of nitriles is 1. The summed E-state index contributed by atoms with van der Waals surface area (Å²) in [5.41, 5.74) is 0. The van der Waals surface area contributed by atoms with Crippen LogP contribution in [-0.4, -0.2) is 26.7 Å². The number of hydrogen-bond acceptors (Lipinski definition) is 3. The molecule has 1 atom stereocenters. The second-order valence-electron chi connectivity index (χ2n) is 3.64. The van der Waals surface area contributed by atoms with Crippen LogP contribution in [0.25, 0.3) is 0 Å². The van der Waals surface area contributed by atoms with Gasteiger partial charge in [0.15, 0.2) is 0 Å². The molecule has 0 aliphatic rings. The highest BCUT2D eigenvalue weighted by Gasteiger charge is 2.00. The first kappa shape index (κ1) is 14.9. The van der Waals surface area contributed by atoms with Crippen LogP contribution >= 0.6 is 0 Å². The van der Waals surface area contributed by atoms with Crippen LogP contribution in [0.3, 0.4) is 0 Å². The molecular formula is C10H23N3. The Morgan fingerprint density at radius 2 is 1.69 bits per heavy atom. The van der Waals surface area contributed by atoms with Crippen LogP contribution in [0.4, 0.5) is 0 Å². The van der Waals surface area contributed by atoms with Gasteiger partial charge in [0.25, 0.3) is 0 Å². The molecule has 0 bridgehead atoms. The first-order chi connectivity index (χ1) is 6.08. The largest absolute Gasteiger partial charge is 0.318 e. The van der Waals surface area contributed by atoms with Crippen molar-refractivity contribution in [1.82, 2.24) is 10.6 Å². The zero-order valence-electron chi connectivity index (χ0n) is 9.52. The molecule has 0 aliphatic carbocycles. The van der Waals surface area contributed by atoms with Crippen molar-refractivity contribution in [1.29, 1.82) is 5.26 Å². The van der Waals surface area contributed by atoms with Gasteiger partial charge in [-0.05, 0) is 20.0 Å². The summed E-state index contributed by atoms with van der Waals surface area (Å²) in [6, 6.07) is 2.39. The topological polar surface area (TPSA) is 47.9 Å². The molecule has 0 fully saturated rings. The minimum absolute atomic E-state index is 0.292. The average molecular weight is 185 g/mol. The summed E-state index contributed by atoms with van der Waals surface area (Å²) in [5.74, 6) is 0.833. The molecule has 0 aromatic rings. The molecule has 1 unspecified atom stereocenters. The molecule has 0 rings (SSSR count). The summed E-state index contributed by atoms with van der Waals surface area (Å²) in [6.45, 7) is 7.35. The number of nitrogens with one attached hydrogen (secondary N) is 2. The van der Waals surface area contributed by atoms with Gasteiger partial charge in [-0.15, -0.1) is 0 Å². The van der Waals surface area contributed by atoms with Crippen LogP contribution in [0.15, 0.2) is 0 Å². The van der Waals surface area contributed by atoms with Gasteiger partial charge in [-0.25, -0.2) is 0 Å². The Bertz CT molecular complexity index is 124. The molecule has 0 aromatic heterocycles. The lowest BCUT2D eigenvalue weighted by Gasteiger charge is -2.09. The van der Waals surface area contributed by atoms with Crippen molar-refractivity contribution in [2.24, 2.45) is 5.92 Å². The van der Waals surface area contributed by atoms with Crippen molar-refractivity contribution in [3.05, 3.63) is 0 Å². The Morgan fingerprint density at radius 1 is 1.23 bits per heavy atom. The molecule has 78 valence electrons. The van der Waals surface area contributed by atoms with Crippen molar-refractivity contribution in [3.63, 3.8) is 0 Å². The molecule has 0 spiro atoms. The maximum Gasteiger partial charge on any atom is 0.0638 e. The summed E-state index contributed by atoms with van der Waals surface area (Å²) in [7, 11) is 3.74. The zero-order valence-corrected chi connectivity index (χ0v) is 9.52. The van der Waals surface area contributed by atoms with Crippen LogP contribution in [0.5, 0.6) is 0 Å². The normalized spacial score (nSPS) is 11.5. The quantitative estimate of drug-likeness (QED) is 0.695. The van der Waals surface area contributed by atoms with Crippen molar-refractivity contribution in [2.45, 2.75) is 33.2 Å². The van der Waals surface area contributed by atoms with Crippen LogP contribution in [-0.2, 0) is 0 Å². The summed E-state index contributed by atoms with van der Waals surface area (Å²) in [6.07, 6.45) is 0.567. The van der Waals surface area contributed by atoms with Gasteiger partial charge >= 0.3 is 0 Å². The van der Waals surface area contributed by atoms with E-state index < -0.39 is 0 Å². The molecule has 0 aliphatic heterocycles. The smallest absolute Gasteiger partial charge is 0.0638 e. The van der Waals surface area contributed by atoms with E-state index in [4.69, 9.17) is 5.26 Å². The lowest BCUT2D eigenvalue weighted by Crippen LogP contribution is -2.34. The Kier molecular flexibility index (Phi) is 13.1. The van der Waals surface area contributed by atoms with E-state index in [1.54, 1.807) is 0 Å². The molecule has 0 amide bonds. The monoisotopic (exact) mass is 185 g/mol. The predicted molar refractivity (Wildman–Crippen MR) is 57.5 cm³/mol. The van der Waals surface area contributed by atoms with E-state index in [1.165, 1.54) is 0 Å². The Labute approximate surface area is 82.5 Å². The van der Waals surface area contributed by atoms with E-state index in [0.717, 1.165) is 12.5 Å². The van der Waals surface area contributed by atoms with Gasteiger partial charge in [-0.2, -0.15) is 5.26 Å². The van der Waals surface area contributed by atoms with Gasteiger partial charge in [0.1, 0.15) is 0 Å². The Morgan fingerprint density at radius 3 is 1.92 bits per heavy atom. The Balaban J connectivity index is 0. The molecular weight excluding hydrogens is 162 g/mol. The standard InChI is InChI=1S/C6H13N3.C4H10/c1-8-5-6(9-2)3-4-7;1-4(2)3/h6,8-9H,3,5H2,1-2H3;4H,1-3H3. The highest BCUT2D eigenvalue weighted by Crippen LogP contribution is 1.84. The first-order valence-electron chi connectivity index (χ1n) is 4.77. The molecule has 0 heterocycles. The molecule has 0 aromatic carbocycles. The van der Waals surface area contributed by atoms with Gasteiger partial charge in [-0.3, -0.25) is 0 Å². The maximum absolute atomic E-state index is 8.28. The van der Waals surface area contributed by atoms with E-state index in [9.17, 15) is 0 Å². The summed E-state index contributed by atoms with van der Waals surface area (Å²) >= 11 is 0. The second-order valence-corrected chi connectivity index (χ2v) is 3.64. The van der Waals surface area contributed by atoms with Crippen molar-refractivity contribution >= 4 is 0 Å². The highest BCUT2D eigenvalue weighted by atomic mass is 14.9.